The predicted octanol–water partition coefficient (Wildman–Crippen LogP) is 1.41. The zero-order valence-electron chi connectivity index (χ0n) is 6.11. The van der Waals surface area contributed by atoms with Crippen molar-refractivity contribution in [3.05, 3.63) is 0 Å². The first kappa shape index (κ1) is 6.35. The van der Waals surface area contributed by atoms with Crippen molar-refractivity contribution < 1.29 is 13.9 Å². The summed E-state index contributed by atoms with van der Waals surface area (Å²) in [5, 5.41) is 8.77. The number of fused-ring (bicyclic) bond motifs is 1. The number of halogens is 2. The minimum absolute atomic E-state index is 0.0920. The van der Waals surface area contributed by atoms with Crippen LogP contribution < -0.4 is 0 Å². The molecule has 3 fully saturated rings. The fourth-order valence-electron chi connectivity index (χ4n) is 2.98. The summed E-state index contributed by atoms with van der Waals surface area (Å²) in [5.74, 6) is -2.17. The Balaban J connectivity index is 1.82. The minimum atomic E-state index is -2.38. The first-order valence-corrected chi connectivity index (χ1v) is 4.07. The average molecular weight is 160 g/mol. The molecule has 3 aliphatic carbocycles. The van der Waals surface area contributed by atoms with Gasteiger partial charge in [-0.1, -0.05) is 0 Å². The van der Waals surface area contributed by atoms with E-state index in [9.17, 15) is 8.78 Å². The second-order valence-electron chi connectivity index (χ2n) is 4.38. The lowest BCUT2D eigenvalue weighted by molar-refractivity contribution is 0.0864. The van der Waals surface area contributed by atoms with Crippen LogP contribution in [0.1, 0.15) is 19.3 Å². The molecule has 3 aliphatic rings. The molecule has 3 atom stereocenters. The number of hydrogen-bond acceptors (Lipinski definition) is 1. The number of rotatable bonds is 1. The highest BCUT2D eigenvalue weighted by Crippen LogP contribution is 2.95. The van der Waals surface area contributed by atoms with Gasteiger partial charge in [-0.25, -0.2) is 8.78 Å². The molecule has 1 nitrogen and oxygen atoms in total. The van der Waals surface area contributed by atoms with Gasteiger partial charge in [0.2, 0.25) is 0 Å². The number of hydrogen-bond donors (Lipinski definition) is 1. The third-order valence-electron chi connectivity index (χ3n) is 4.00. The van der Waals surface area contributed by atoms with Crippen molar-refractivity contribution in [1.82, 2.24) is 0 Å². The molecule has 11 heavy (non-hydrogen) atoms. The molecule has 3 rings (SSSR count). The summed E-state index contributed by atoms with van der Waals surface area (Å²) < 4.78 is 25.5. The SMILES string of the molecule is OCC1C[C@]12C[C@]21CC1(F)F. The van der Waals surface area contributed by atoms with Crippen LogP contribution in [0.25, 0.3) is 0 Å². The molecule has 0 heterocycles. The molecular formula is C8H10F2O. The molecule has 0 aromatic carbocycles. The number of aliphatic hydroxyl groups is 1. The zero-order chi connectivity index (χ0) is 7.91. The lowest BCUT2D eigenvalue weighted by atomic mass is 10.2. The standard InChI is InChI=1S/C8H10F2O/c9-8(10)4-7(8)3-6(7)1-5(6)2-11/h5,11H,1-4H2/t5?,6-,7-/m0/s1. The minimum Gasteiger partial charge on any atom is -0.396 e. The van der Waals surface area contributed by atoms with Gasteiger partial charge in [0.15, 0.2) is 0 Å². The molecule has 2 spiro atoms. The van der Waals surface area contributed by atoms with Crippen molar-refractivity contribution in [3.63, 3.8) is 0 Å². The third kappa shape index (κ3) is 0.443. The van der Waals surface area contributed by atoms with Crippen molar-refractivity contribution in [2.45, 2.75) is 25.2 Å². The number of alkyl halides is 2. The van der Waals surface area contributed by atoms with Crippen molar-refractivity contribution in [1.29, 1.82) is 0 Å². The predicted molar refractivity (Wildman–Crippen MR) is 34.2 cm³/mol. The van der Waals surface area contributed by atoms with E-state index in [0.29, 0.717) is 6.42 Å². The maximum atomic E-state index is 12.7. The largest absolute Gasteiger partial charge is 0.396 e. The van der Waals surface area contributed by atoms with Gasteiger partial charge in [0.05, 0.1) is 0 Å². The van der Waals surface area contributed by atoms with Crippen LogP contribution in [0, 0.1) is 16.7 Å². The normalized spacial score (nSPS) is 61.9. The Morgan fingerprint density at radius 1 is 1.36 bits per heavy atom. The van der Waals surface area contributed by atoms with E-state index in [0.717, 1.165) is 6.42 Å². The molecule has 0 aromatic heterocycles. The molecule has 0 radical (unpaired) electrons. The van der Waals surface area contributed by atoms with Crippen molar-refractivity contribution in [2.24, 2.45) is 16.7 Å². The van der Waals surface area contributed by atoms with Gasteiger partial charge >= 0.3 is 0 Å². The van der Waals surface area contributed by atoms with Crippen LogP contribution in [0.5, 0.6) is 0 Å². The van der Waals surface area contributed by atoms with Gasteiger partial charge < -0.3 is 5.11 Å². The molecular weight excluding hydrogens is 150 g/mol. The Kier molecular flexibility index (Phi) is 0.716. The Morgan fingerprint density at radius 2 is 2.00 bits per heavy atom. The molecule has 0 bridgehead atoms. The van der Waals surface area contributed by atoms with Crippen LogP contribution >= 0.6 is 0 Å². The average Bonchev–Trinajstić information content (AvgIpc) is 2.77. The second kappa shape index (κ2) is 1.24. The Hall–Kier alpha value is -0.180. The monoisotopic (exact) mass is 160 g/mol. The first-order valence-electron chi connectivity index (χ1n) is 4.07. The van der Waals surface area contributed by atoms with Crippen LogP contribution in [0.3, 0.4) is 0 Å². The van der Waals surface area contributed by atoms with E-state index in [1.807, 2.05) is 0 Å². The van der Waals surface area contributed by atoms with E-state index < -0.39 is 11.3 Å². The zero-order valence-corrected chi connectivity index (χ0v) is 6.11. The van der Waals surface area contributed by atoms with Gasteiger partial charge in [-0.2, -0.15) is 0 Å². The van der Waals surface area contributed by atoms with Gasteiger partial charge in [-0.05, 0) is 24.2 Å². The molecule has 0 aliphatic heterocycles. The maximum absolute atomic E-state index is 12.7. The maximum Gasteiger partial charge on any atom is 0.255 e. The molecule has 0 aromatic rings. The quantitative estimate of drug-likeness (QED) is 0.615. The van der Waals surface area contributed by atoms with E-state index >= 15 is 0 Å². The van der Waals surface area contributed by atoms with Crippen molar-refractivity contribution in [3.8, 4) is 0 Å². The fraction of sp³-hybridized carbons (Fsp3) is 1.00. The van der Waals surface area contributed by atoms with E-state index in [2.05, 4.69) is 0 Å². The molecule has 62 valence electrons. The third-order valence-corrected chi connectivity index (χ3v) is 4.00. The Bertz CT molecular complexity index is 240. The summed E-state index contributed by atoms with van der Waals surface area (Å²) in [7, 11) is 0. The van der Waals surface area contributed by atoms with E-state index in [1.165, 1.54) is 0 Å². The molecule has 1 unspecified atom stereocenters. The van der Waals surface area contributed by atoms with Gasteiger partial charge in [-0.3, -0.25) is 0 Å². The highest BCUT2D eigenvalue weighted by atomic mass is 19.3. The lowest BCUT2D eigenvalue weighted by Gasteiger charge is -1.92. The molecule has 3 heteroatoms. The first-order chi connectivity index (χ1) is 5.08. The van der Waals surface area contributed by atoms with E-state index in [-0.39, 0.29) is 24.4 Å². The van der Waals surface area contributed by atoms with Crippen molar-refractivity contribution >= 4 is 0 Å². The smallest absolute Gasteiger partial charge is 0.255 e. The van der Waals surface area contributed by atoms with E-state index in [1.54, 1.807) is 0 Å². The highest BCUT2D eigenvalue weighted by Gasteiger charge is 2.96. The van der Waals surface area contributed by atoms with Crippen LogP contribution in [-0.2, 0) is 0 Å². The van der Waals surface area contributed by atoms with E-state index in [4.69, 9.17) is 5.11 Å². The summed E-state index contributed by atoms with van der Waals surface area (Å²) in [6.07, 6.45) is 1.62. The summed E-state index contributed by atoms with van der Waals surface area (Å²) in [5.41, 5.74) is -0.710. The van der Waals surface area contributed by atoms with Crippen LogP contribution in [0.4, 0.5) is 8.78 Å². The van der Waals surface area contributed by atoms with Crippen LogP contribution in [0.2, 0.25) is 0 Å². The molecule has 0 amide bonds. The lowest BCUT2D eigenvalue weighted by Crippen LogP contribution is -1.98. The van der Waals surface area contributed by atoms with Gasteiger partial charge in [-0.15, -0.1) is 0 Å². The Labute approximate surface area is 63.4 Å². The van der Waals surface area contributed by atoms with Gasteiger partial charge in [0.25, 0.3) is 5.92 Å². The molecule has 0 saturated heterocycles. The summed E-state index contributed by atoms with van der Waals surface area (Å²) in [6, 6.07) is 0. The Morgan fingerprint density at radius 3 is 2.27 bits per heavy atom. The fourth-order valence-corrected chi connectivity index (χ4v) is 2.98. The molecule has 1 N–H and O–H groups in total. The summed E-state index contributed by atoms with van der Waals surface area (Å²) >= 11 is 0. The van der Waals surface area contributed by atoms with Crippen LogP contribution in [0.15, 0.2) is 0 Å². The van der Waals surface area contributed by atoms with Gasteiger partial charge in [0, 0.05) is 18.4 Å². The summed E-state index contributed by atoms with van der Waals surface area (Å²) in [6.45, 7) is 0.109. The number of aliphatic hydroxyl groups excluding tert-OH is 1. The van der Waals surface area contributed by atoms with Crippen LogP contribution in [-0.4, -0.2) is 17.6 Å². The van der Waals surface area contributed by atoms with Crippen molar-refractivity contribution in [2.75, 3.05) is 6.61 Å². The van der Waals surface area contributed by atoms with Gasteiger partial charge in [0.1, 0.15) is 0 Å². The topological polar surface area (TPSA) is 20.2 Å². The summed E-state index contributed by atoms with van der Waals surface area (Å²) in [4.78, 5) is 0. The highest BCUT2D eigenvalue weighted by molar-refractivity contribution is 5.39. The molecule has 3 saturated carbocycles. The second-order valence-corrected chi connectivity index (χ2v) is 4.38.